The van der Waals surface area contributed by atoms with Gasteiger partial charge in [-0.05, 0) is 29.3 Å². The van der Waals surface area contributed by atoms with E-state index in [9.17, 15) is 13.2 Å². The summed E-state index contributed by atoms with van der Waals surface area (Å²) >= 11 is 0. The van der Waals surface area contributed by atoms with Crippen molar-refractivity contribution in [1.82, 2.24) is 10.2 Å². The number of aromatic amines is 1. The summed E-state index contributed by atoms with van der Waals surface area (Å²) in [7, 11) is 0. The third-order valence-corrected chi connectivity index (χ3v) is 3.14. The van der Waals surface area contributed by atoms with E-state index in [0.29, 0.717) is 16.5 Å². The molecule has 0 unspecified atom stereocenters. The van der Waals surface area contributed by atoms with Crippen LogP contribution in [0.15, 0.2) is 42.5 Å². The molecular weight excluding hydrogens is 267 g/mol. The molecular formula is C14H10F3N3. The molecule has 1 heterocycles. The van der Waals surface area contributed by atoms with Crippen molar-refractivity contribution in [3.05, 3.63) is 48.0 Å². The summed E-state index contributed by atoms with van der Waals surface area (Å²) in [4.78, 5) is 0. The molecule has 3 rings (SSSR count). The Labute approximate surface area is 112 Å². The first kappa shape index (κ1) is 12.5. The number of nitrogens with one attached hydrogen (secondary N) is 1. The Balaban J connectivity index is 2.23. The molecule has 0 atom stereocenters. The van der Waals surface area contributed by atoms with E-state index in [1.807, 2.05) is 0 Å². The molecule has 3 nitrogen and oxygen atoms in total. The molecule has 0 fully saturated rings. The van der Waals surface area contributed by atoms with Gasteiger partial charge in [0.05, 0.1) is 11.1 Å². The zero-order chi connectivity index (χ0) is 14.3. The zero-order valence-corrected chi connectivity index (χ0v) is 10.2. The number of nitrogen functional groups attached to an aromatic ring is 1. The average molecular weight is 277 g/mol. The van der Waals surface area contributed by atoms with Gasteiger partial charge in [-0.1, -0.05) is 24.3 Å². The van der Waals surface area contributed by atoms with E-state index < -0.39 is 11.7 Å². The van der Waals surface area contributed by atoms with Crippen molar-refractivity contribution in [2.75, 3.05) is 5.73 Å². The molecule has 0 saturated carbocycles. The van der Waals surface area contributed by atoms with Crippen molar-refractivity contribution in [3.63, 3.8) is 0 Å². The quantitative estimate of drug-likeness (QED) is 0.710. The number of anilines is 1. The maximum atomic E-state index is 13.0. The summed E-state index contributed by atoms with van der Waals surface area (Å²) in [6.45, 7) is 0. The van der Waals surface area contributed by atoms with Crippen LogP contribution in [0.2, 0.25) is 0 Å². The summed E-state index contributed by atoms with van der Waals surface area (Å²) in [6, 6.07) is 10.4. The third-order valence-electron chi connectivity index (χ3n) is 3.14. The normalized spacial score (nSPS) is 11.9. The fourth-order valence-electron chi connectivity index (χ4n) is 2.18. The second-order valence-electron chi connectivity index (χ2n) is 4.41. The lowest BCUT2D eigenvalue weighted by Crippen LogP contribution is -2.06. The Morgan fingerprint density at radius 1 is 1.05 bits per heavy atom. The van der Waals surface area contributed by atoms with E-state index in [1.54, 1.807) is 24.3 Å². The van der Waals surface area contributed by atoms with Crippen molar-refractivity contribution in [2.45, 2.75) is 6.18 Å². The lowest BCUT2D eigenvalue weighted by Gasteiger charge is -2.12. The molecule has 3 N–H and O–H groups in total. The van der Waals surface area contributed by atoms with Gasteiger partial charge in [0.25, 0.3) is 0 Å². The van der Waals surface area contributed by atoms with Crippen LogP contribution >= 0.6 is 0 Å². The van der Waals surface area contributed by atoms with Crippen molar-refractivity contribution < 1.29 is 13.2 Å². The first-order chi connectivity index (χ1) is 9.47. The monoisotopic (exact) mass is 277 g/mol. The van der Waals surface area contributed by atoms with Gasteiger partial charge in [0, 0.05) is 5.39 Å². The summed E-state index contributed by atoms with van der Waals surface area (Å²) in [5.41, 5.74) is 6.29. The first-order valence-corrected chi connectivity index (χ1v) is 5.87. The van der Waals surface area contributed by atoms with Gasteiger partial charge in [-0.2, -0.15) is 18.3 Å². The molecule has 0 aliphatic carbocycles. The highest BCUT2D eigenvalue weighted by atomic mass is 19.4. The topological polar surface area (TPSA) is 54.7 Å². The Hall–Kier alpha value is -2.50. The number of fused-ring (bicyclic) bond motifs is 1. The van der Waals surface area contributed by atoms with Gasteiger partial charge in [0.15, 0.2) is 5.82 Å². The lowest BCUT2D eigenvalue weighted by molar-refractivity contribution is -0.137. The van der Waals surface area contributed by atoms with Crippen LogP contribution in [0, 0.1) is 0 Å². The predicted octanol–water partition coefficient (Wildman–Crippen LogP) is 3.83. The van der Waals surface area contributed by atoms with Crippen LogP contribution in [0.4, 0.5) is 19.0 Å². The van der Waals surface area contributed by atoms with Gasteiger partial charge in [0.2, 0.25) is 0 Å². The number of rotatable bonds is 1. The number of nitrogens with two attached hydrogens (primary N) is 1. The van der Waals surface area contributed by atoms with Crippen LogP contribution < -0.4 is 5.73 Å². The molecule has 0 aliphatic rings. The van der Waals surface area contributed by atoms with Crippen LogP contribution in [-0.2, 0) is 6.18 Å². The lowest BCUT2D eigenvalue weighted by atomic mass is 9.98. The number of benzene rings is 2. The van der Waals surface area contributed by atoms with E-state index in [4.69, 9.17) is 5.73 Å². The Bertz CT molecular complexity index is 775. The Morgan fingerprint density at radius 3 is 2.55 bits per heavy atom. The second-order valence-corrected chi connectivity index (χ2v) is 4.41. The number of halogens is 3. The Morgan fingerprint density at radius 2 is 1.80 bits per heavy atom. The van der Waals surface area contributed by atoms with E-state index in [0.717, 1.165) is 6.07 Å². The predicted molar refractivity (Wildman–Crippen MR) is 70.9 cm³/mol. The van der Waals surface area contributed by atoms with Crippen LogP contribution in [-0.4, -0.2) is 10.2 Å². The molecule has 0 spiro atoms. The number of H-pyrrole nitrogens is 1. The smallest absolute Gasteiger partial charge is 0.382 e. The minimum absolute atomic E-state index is 0.127. The molecule has 0 bridgehead atoms. The minimum Gasteiger partial charge on any atom is -0.382 e. The molecule has 0 saturated heterocycles. The number of aromatic nitrogens is 2. The van der Waals surface area contributed by atoms with Crippen molar-refractivity contribution >= 4 is 16.7 Å². The molecule has 102 valence electrons. The van der Waals surface area contributed by atoms with Crippen LogP contribution in [0.5, 0.6) is 0 Å². The molecule has 0 aliphatic heterocycles. The highest BCUT2D eigenvalue weighted by molar-refractivity contribution is 5.92. The van der Waals surface area contributed by atoms with E-state index in [-0.39, 0.29) is 11.4 Å². The maximum absolute atomic E-state index is 13.0. The van der Waals surface area contributed by atoms with Crippen LogP contribution in [0.3, 0.4) is 0 Å². The fourth-order valence-corrected chi connectivity index (χ4v) is 2.18. The van der Waals surface area contributed by atoms with Gasteiger partial charge in [-0.15, -0.1) is 0 Å². The van der Waals surface area contributed by atoms with Crippen molar-refractivity contribution in [1.29, 1.82) is 0 Å². The molecule has 3 aromatic rings. The van der Waals surface area contributed by atoms with Crippen LogP contribution in [0.1, 0.15) is 5.56 Å². The molecule has 20 heavy (non-hydrogen) atoms. The van der Waals surface area contributed by atoms with Crippen molar-refractivity contribution in [3.8, 4) is 11.1 Å². The number of hydrogen-bond acceptors (Lipinski definition) is 2. The fraction of sp³-hybridized carbons (Fsp3) is 0.0714. The van der Waals surface area contributed by atoms with E-state index >= 15 is 0 Å². The maximum Gasteiger partial charge on any atom is 0.417 e. The molecule has 0 radical (unpaired) electrons. The SMILES string of the molecule is Nc1n[nH]c2ccc(-c3ccccc3C(F)(F)F)cc12. The first-order valence-electron chi connectivity index (χ1n) is 5.87. The zero-order valence-electron chi connectivity index (χ0n) is 10.2. The summed E-state index contributed by atoms with van der Waals surface area (Å²) in [5, 5.41) is 7.16. The van der Waals surface area contributed by atoms with Crippen molar-refractivity contribution in [2.24, 2.45) is 0 Å². The minimum atomic E-state index is -4.40. The van der Waals surface area contributed by atoms with Gasteiger partial charge >= 0.3 is 6.18 Å². The molecule has 2 aromatic carbocycles. The third kappa shape index (κ3) is 1.99. The molecule has 6 heteroatoms. The summed E-state index contributed by atoms with van der Waals surface area (Å²) in [5.74, 6) is 0.270. The number of hydrogen-bond donors (Lipinski definition) is 2. The highest BCUT2D eigenvalue weighted by Gasteiger charge is 2.33. The number of alkyl halides is 3. The van der Waals surface area contributed by atoms with E-state index in [2.05, 4.69) is 10.2 Å². The molecule has 0 amide bonds. The van der Waals surface area contributed by atoms with Gasteiger partial charge in [0.1, 0.15) is 0 Å². The Kier molecular flexibility index (Phi) is 2.67. The summed E-state index contributed by atoms with van der Waals surface area (Å²) in [6.07, 6.45) is -4.40. The van der Waals surface area contributed by atoms with Gasteiger partial charge < -0.3 is 5.73 Å². The van der Waals surface area contributed by atoms with Crippen LogP contribution in [0.25, 0.3) is 22.0 Å². The highest BCUT2D eigenvalue weighted by Crippen LogP contribution is 2.37. The molecule has 1 aromatic heterocycles. The second kappa shape index (κ2) is 4.26. The van der Waals surface area contributed by atoms with E-state index in [1.165, 1.54) is 12.1 Å². The summed E-state index contributed by atoms with van der Waals surface area (Å²) < 4.78 is 39.1. The largest absolute Gasteiger partial charge is 0.417 e. The average Bonchev–Trinajstić information content (AvgIpc) is 2.79. The van der Waals surface area contributed by atoms with Gasteiger partial charge in [-0.3, -0.25) is 5.10 Å². The standard InChI is InChI=1S/C14H10F3N3/c15-14(16,17)11-4-2-1-3-9(11)8-5-6-12-10(7-8)13(18)20-19-12/h1-7H,(H3,18,19,20). The number of nitrogens with zero attached hydrogens (tertiary/aromatic N) is 1. The van der Waals surface area contributed by atoms with Gasteiger partial charge in [-0.25, -0.2) is 0 Å².